The van der Waals surface area contributed by atoms with Gasteiger partial charge in [0.15, 0.2) is 0 Å². The van der Waals surface area contributed by atoms with E-state index in [0.717, 1.165) is 21.9 Å². The highest BCUT2D eigenvalue weighted by Gasteiger charge is 2.32. The Morgan fingerprint density at radius 2 is 1.95 bits per heavy atom. The molecule has 0 amide bonds. The monoisotopic (exact) mass is 361 g/mol. The lowest BCUT2D eigenvalue weighted by molar-refractivity contribution is -0.138. The maximum absolute atomic E-state index is 12.9. The van der Waals surface area contributed by atoms with Gasteiger partial charge in [-0.05, 0) is 47.5 Å². The van der Waals surface area contributed by atoms with Crippen molar-refractivity contribution in [3.05, 3.63) is 45.2 Å². The van der Waals surface area contributed by atoms with Crippen LogP contribution in [0.1, 0.15) is 22.5 Å². The number of nitrogens with zero attached hydrogens (tertiary/aromatic N) is 2. The Balaban J connectivity index is 2.21. The number of alkyl halides is 3. The second kappa shape index (κ2) is 5.71. The molecular weight excluding hydrogens is 347 g/mol. The van der Waals surface area contributed by atoms with Crippen LogP contribution in [0.3, 0.4) is 0 Å². The minimum absolute atomic E-state index is 0.214. The number of benzene rings is 1. The van der Waals surface area contributed by atoms with E-state index in [1.165, 1.54) is 13.0 Å². The van der Waals surface area contributed by atoms with Gasteiger partial charge in [0.05, 0.1) is 28.0 Å². The first kappa shape index (κ1) is 15.9. The van der Waals surface area contributed by atoms with Gasteiger partial charge >= 0.3 is 6.18 Å². The molecule has 0 spiro atoms. The van der Waals surface area contributed by atoms with Crippen molar-refractivity contribution in [3.63, 3.8) is 0 Å². The van der Waals surface area contributed by atoms with Crippen LogP contribution >= 0.6 is 15.9 Å². The number of halogens is 4. The molecule has 2 aromatic rings. The van der Waals surface area contributed by atoms with Crippen LogP contribution in [-0.4, -0.2) is 9.78 Å². The molecule has 0 aliphatic heterocycles. The quantitative estimate of drug-likeness (QED) is 0.876. The molecule has 1 N–H and O–H groups in total. The Labute approximate surface area is 129 Å². The van der Waals surface area contributed by atoms with Crippen molar-refractivity contribution in [2.45, 2.75) is 26.6 Å². The van der Waals surface area contributed by atoms with Gasteiger partial charge in [0.1, 0.15) is 0 Å². The molecule has 114 valence electrons. The van der Waals surface area contributed by atoms with E-state index >= 15 is 0 Å². The maximum atomic E-state index is 12.9. The third-order valence-corrected chi connectivity index (χ3v) is 4.30. The summed E-state index contributed by atoms with van der Waals surface area (Å²) < 4.78 is 41.2. The smallest absolute Gasteiger partial charge is 0.379 e. The van der Waals surface area contributed by atoms with Gasteiger partial charge in [0.2, 0.25) is 0 Å². The molecule has 0 bridgehead atoms. The van der Waals surface area contributed by atoms with Gasteiger partial charge in [-0.25, -0.2) is 0 Å². The molecule has 1 aromatic heterocycles. The van der Waals surface area contributed by atoms with E-state index in [-0.39, 0.29) is 5.56 Å². The van der Waals surface area contributed by atoms with E-state index < -0.39 is 11.7 Å². The summed E-state index contributed by atoms with van der Waals surface area (Å²) >= 11 is 3.43. The van der Waals surface area contributed by atoms with Crippen LogP contribution in [0, 0.1) is 13.8 Å². The molecule has 0 radical (unpaired) electrons. The number of hydrogen-bond acceptors (Lipinski definition) is 2. The first-order valence-corrected chi connectivity index (χ1v) is 7.09. The number of anilines is 1. The second-order valence-electron chi connectivity index (χ2n) is 4.85. The number of hydrogen-bond donors (Lipinski definition) is 1. The summed E-state index contributed by atoms with van der Waals surface area (Å²) in [6.45, 7) is 3.70. The average Bonchev–Trinajstić information content (AvgIpc) is 2.61. The first-order valence-electron chi connectivity index (χ1n) is 6.30. The van der Waals surface area contributed by atoms with Crippen LogP contribution in [0.5, 0.6) is 0 Å². The molecule has 0 aliphatic rings. The van der Waals surface area contributed by atoms with E-state index in [1.807, 2.05) is 6.92 Å². The van der Waals surface area contributed by atoms with Gasteiger partial charge in [0, 0.05) is 12.7 Å². The van der Waals surface area contributed by atoms with Crippen LogP contribution in [0.2, 0.25) is 0 Å². The highest BCUT2D eigenvalue weighted by molar-refractivity contribution is 9.10. The highest BCUT2D eigenvalue weighted by Crippen LogP contribution is 2.33. The van der Waals surface area contributed by atoms with Crippen LogP contribution < -0.4 is 5.32 Å². The molecule has 0 fully saturated rings. The van der Waals surface area contributed by atoms with Gasteiger partial charge < -0.3 is 5.32 Å². The zero-order valence-corrected chi connectivity index (χ0v) is 13.4. The SMILES string of the molecule is Cc1ccc(NCc2c(Br)c(C)nn2C)cc1C(F)(F)F. The summed E-state index contributed by atoms with van der Waals surface area (Å²) in [5.74, 6) is 0. The molecule has 1 heterocycles. The average molecular weight is 362 g/mol. The molecule has 0 saturated heterocycles. The fraction of sp³-hybridized carbons (Fsp3) is 0.357. The molecule has 0 unspecified atom stereocenters. The molecule has 0 saturated carbocycles. The fourth-order valence-corrected chi connectivity index (χ4v) is 2.57. The standard InChI is InChI=1S/C14H15BrF3N3/c1-8-4-5-10(6-11(8)14(16,17)18)19-7-12-13(15)9(2)20-21(12)3/h4-6,19H,7H2,1-3H3. The Bertz CT molecular complexity index is 662. The minimum atomic E-state index is -4.34. The van der Waals surface area contributed by atoms with Crippen LogP contribution in [0.15, 0.2) is 22.7 Å². The molecule has 21 heavy (non-hydrogen) atoms. The molecule has 0 aliphatic carbocycles. The van der Waals surface area contributed by atoms with Crippen molar-refractivity contribution >= 4 is 21.6 Å². The van der Waals surface area contributed by atoms with Crippen molar-refractivity contribution in [2.75, 3.05) is 5.32 Å². The van der Waals surface area contributed by atoms with Crippen molar-refractivity contribution < 1.29 is 13.2 Å². The van der Waals surface area contributed by atoms with Gasteiger partial charge in [-0.1, -0.05) is 6.07 Å². The molecular formula is C14H15BrF3N3. The lowest BCUT2D eigenvalue weighted by Crippen LogP contribution is -2.10. The summed E-state index contributed by atoms with van der Waals surface area (Å²) in [4.78, 5) is 0. The Morgan fingerprint density at radius 1 is 1.29 bits per heavy atom. The number of aromatic nitrogens is 2. The summed E-state index contributed by atoms with van der Waals surface area (Å²) in [7, 11) is 1.80. The second-order valence-corrected chi connectivity index (χ2v) is 5.64. The summed E-state index contributed by atoms with van der Waals surface area (Å²) in [5, 5.41) is 7.25. The fourth-order valence-electron chi connectivity index (χ4n) is 2.10. The summed E-state index contributed by atoms with van der Waals surface area (Å²) in [6.07, 6.45) is -4.34. The Hall–Kier alpha value is -1.50. The minimum Gasteiger partial charge on any atom is -0.379 e. The van der Waals surface area contributed by atoms with Gasteiger partial charge in [-0.3, -0.25) is 4.68 Å². The number of rotatable bonds is 3. The van der Waals surface area contributed by atoms with Crippen LogP contribution in [-0.2, 0) is 19.8 Å². The largest absolute Gasteiger partial charge is 0.416 e. The first-order chi connectivity index (χ1) is 9.70. The Morgan fingerprint density at radius 3 is 2.48 bits per heavy atom. The maximum Gasteiger partial charge on any atom is 0.416 e. The van der Waals surface area contributed by atoms with Gasteiger partial charge in [0.25, 0.3) is 0 Å². The van der Waals surface area contributed by atoms with Crippen LogP contribution in [0.4, 0.5) is 18.9 Å². The van der Waals surface area contributed by atoms with E-state index in [1.54, 1.807) is 17.8 Å². The lowest BCUT2D eigenvalue weighted by atomic mass is 10.1. The zero-order chi connectivity index (χ0) is 15.8. The van der Waals surface area contributed by atoms with E-state index in [2.05, 4.69) is 26.3 Å². The number of nitrogens with one attached hydrogen (secondary N) is 1. The van der Waals surface area contributed by atoms with E-state index in [0.29, 0.717) is 12.2 Å². The van der Waals surface area contributed by atoms with Gasteiger partial charge in [-0.2, -0.15) is 18.3 Å². The van der Waals surface area contributed by atoms with Crippen molar-refractivity contribution in [2.24, 2.45) is 7.05 Å². The van der Waals surface area contributed by atoms with Gasteiger partial charge in [-0.15, -0.1) is 0 Å². The lowest BCUT2D eigenvalue weighted by Gasteiger charge is -2.13. The topological polar surface area (TPSA) is 29.9 Å². The van der Waals surface area contributed by atoms with Crippen LogP contribution in [0.25, 0.3) is 0 Å². The normalized spacial score (nSPS) is 11.8. The van der Waals surface area contributed by atoms with Crippen molar-refractivity contribution in [1.29, 1.82) is 0 Å². The predicted octanol–water partition coefficient (Wildman–Crippen LogP) is 4.43. The van der Waals surface area contributed by atoms with E-state index in [9.17, 15) is 13.2 Å². The Kier molecular flexibility index (Phi) is 4.32. The van der Waals surface area contributed by atoms with E-state index in [4.69, 9.17) is 0 Å². The van der Waals surface area contributed by atoms with Crippen molar-refractivity contribution in [3.8, 4) is 0 Å². The molecule has 2 rings (SSSR count). The summed E-state index contributed by atoms with van der Waals surface area (Å²) in [5.41, 5.74) is 1.74. The zero-order valence-electron chi connectivity index (χ0n) is 11.8. The third kappa shape index (κ3) is 3.40. The highest BCUT2D eigenvalue weighted by atomic mass is 79.9. The third-order valence-electron chi connectivity index (χ3n) is 3.26. The predicted molar refractivity (Wildman–Crippen MR) is 79.2 cm³/mol. The molecule has 1 aromatic carbocycles. The number of aryl methyl sites for hydroxylation is 3. The summed E-state index contributed by atoms with van der Waals surface area (Å²) in [6, 6.07) is 4.24. The molecule has 0 atom stereocenters. The molecule has 3 nitrogen and oxygen atoms in total. The molecule has 7 heteroatoms. The van der Waals surface area contributed by atoms with Crippen molar-refractivity contribution in [1.82, 2.24) is 9.78 Å².